The molecule has 3 heterocycles. The molecule has 7 nitrogen and oxygen atoms in total. The molecule has 0 aliphatic rings. The lowest BCUT2D eigenvalue weighted by Gasteiger charge is -2.10. The van der Waals surface area contributed by atoms with Crippen LogP contribution < -0.4 is 4.74 Å². The normalized spacial score (nSPS) is 10.9. The average Bonchev–Trinajstić information content (AvgIpc) is 3.11. The smallest absolute Gasteiger partial charge is 0.197 e. The molecule has 152 valence electrons. The quantitative estimate of drug-likeness (QED) is 0.405. The van der Waals surface area contributed by atoms with Gasteiger partial charge in [-0.25, -0.2) is 9.97 Å². The fraction of sp³-hybridized carbons (Fsp3) is 0.190. The third-order valence-electron chi connectivity index (χ3n) is 4.56. The van der Waals surface area contributed by atoms with E-state index in [-0.39, 0.29) is 0 Å². The van der Waals surface area contributed by atoms with Gasteiger partial charge in [0, 0.05) is 41.3 Å². The lowest BCUT2D eigenvalue weighted by molar-refractivity contribution is 0.290. The van der Waals surface area contributed by atoms with Crippen LogP contribution in [-0.4, -0.2) is 29.7 Å². The van der Waals surface area contributed by atoms with Crippen molar-refractivity contribution in [2.75, 3.05) is 0 Å². The molecule has 0 fully saturated rings. The van der Waals surface area contributed by atoms with Gasteiger partial charge in [-0.2, -0.15) is 0 Å². The zero-order valence-electron chi connectivity index (χ0n) is 16.7. The van der Waals surface area contributed by atoms with E-state index < -0.39 is 0 Å². The van der Waals surface area contributed by atoms with E-state index in [1.54, 1.807) is 24.5 Å². The number of hydrogen-bond acceptors (Lipinski definition) is 7. The minimum Gasteiger partial charge on any atom is -0.486 e. The van der Waals surface area contributed by atoms with Gasteiger partial charge in [0.05, 0.1) is 0 Å². The number of aryl methyl sites for hydroxylation is 1. The maximum Gasteiger partial charge on any atom is 0.197 e. The van der Waals surface area contributed by atoms with Crippen molar-refractivity contribution >= 4 is 23.4 Å². The molecule has 0 unspecified atom stereocenters. The van der Waals surface area contributed by atoms with Crippen LogP contribution in [0, 0.1) is 13.8 Å². The number of ether oxygens (including phenoxy) is 1. The lowest BCUT2D eigenvalue weighted by Crippen LogP contribution is -2.04. The van der Waals surface area contributed by atoms with E-state index in [2.05, 4.69) is 20.2 Å². The van der Waals surface area contributed by atoms with Crippen molar-refractivity contribution in [1.82, 2.24) is 29.7 Å². The molecule has 0 saturated heterocycles. The second-order valence-electron chi connectivity index (χ2n) is 6.61. The maximum absolute atomic E-state index is 5.91. The fourth-order valence-electron chi connectivity index (χ4n) is 2.65. The molecule has 0 radical (unpaired) electrons. The predicted molar refractivity (Wildman–Crippen MR) is 116 cm³/mol. The highest BCUT2D eigenvalue weighted by Crippen LogP contribution is 2.30. The highest BCUT2D eigenvalue weighted by Gasteiger charge is 2.16. The summed E-state index contributed by atoms with van der Waals surface area (Å²) in [6, 6.07) is 11.0. The van der Waals surface area contributed by atoms with Gasteiger partial charge < -0.3 is 9.30 Å². The van der Waals surface area contributed by atoms with E-state index in [0.717, 1.165) is 32.8 Å². The number of aromatic nitrogens is 6. The number of halogens is 1. The van der Waals surface area contributed by atoms with Crippen LogP contribution in [0.25, 0.3) is 11.4 Å². The molecule has 0 atom stereocenters. The van der Waals surface area contributed by atoms with Gasteiger partial charge in [0.1, 0.15) is 17.4 Å². The minimum absolute atomic E-state index is 0.300. The summed E-state index contributed by atoms with van der Waals surface area (Å²) in [5.74, 6) is 2.07. The van der Waals surface area contributed by atoms with Crippen molar-refractivity contribution in [3.05, 3.63) is 70.9 Å². The van der Waals surface area contributed by atoms with Crippen molar-refractivity contribution in [3.63, 3.8) is 0 Å². The Hall–Kier alpha value is -2.97. The van der Waals surface area contributed by atoms with E-state index in [1.807, 2.05) is 49.7 Å². The predicted octanol–water partition coefficient (Wildman–Crippen LogP) is 4.67. The molecule has 0 amide bonds. The van der Waals surface area contributed by atoms with Gasteiger partial charge >= 0.3 is 0 Å². The molecule has 0 spiro atoms. The highest BCUT2D eigenvalue weighted by molar-refractivity contribution is 7.99. The van der Waals surface area contributed by atoms with Gasteiger partial charge in [0.2, 0.25) is 0 Å². The molecular formula is C21H19ClN6OS. The number of pyridine rings is 1. The molecule has 1 aromatic carbocycles. The Morgan fingerprint density at radius 3 is 2.60 bits per heavy atom. The summed E-state index contributed by atoms with van der Waals surface area (Å²) in [6.45, 7) is 4.28. The average molecular weight is 439 g/mol. The van der Waals surface area contributed by atoms with Crippen LogP contribution in [0.4, 0.5) is 0 Å². The number of benzene rings is 1. The summed E-state index contributed by atoms with van der Waals surface area (Å²) in [6.07, 6.45) is 3.49. The molecule has 30 heavy (non-hydrogen) atoms. The molecule has 0 N–H and O–H groups in total. The van der Waals surface area contributed by atoms with Gasteiger partial charge in [0.15, 0.2) is 16.8 Å². The Morgan fingerprint density at radius 1 is 1.07 bits per heavy atom. The Balaban J connectivity index is 1.54. The van der Waals surface area contributed by atoms with E-state index in [0.29, 0.717) is 23.3 Å². The third kappa shape index (κ3) is 4.44. The van der Waals surface area contributed by atoms with E-state index >= 15 is 0 Å². The Kier molecular flexibility index (Phi) is 5.96. The van der Waals surface area contributed by atoms with Crippen molar-refractivity contribution in [2.45, 2.75) is 30.6 Å². The minimum atomic E-state index is 0.300. The summed E-state index contributed by atoms with van der Waals surface area (Å²) in [7, 11) is 1.91. The summed E-state index contributed by atoms with van der Waals surface area (Å²) in [5, 5.41) is 10.8. The van der Waals surface area contributed by atoms with Crippen LogP contribution in [0.5, 0.6) is 5.75 Å². The molecule has 0 aliphatic heterocycles. The van der Waals surface area contributed by atoms with Crippen LogP contribution in [-0.2, 0) is 13.7 Å². The van der Waals surface area contributed by atoms with Crippen LogP contribution in [0.1, 0.15) is 17.1 Å². The van der Waals surface area contributed by atoms with Gasteiger partial charge in [-0.05, 0) is 62.0 Å². The van der Waals surface area contributed by atoms with E-state index in [1.165, 1.54) is 11.8 Å². The Morgan fingerprint density at radius 2 is 1.87 bits per heavy atom. The standard InChI is InChI=1S/C21H19ClN6OS/c1-13-14(2)24-19(15-5-4-10-23-11-15)25-20(13)30-21-27-26-18(28(21)3)12-29-17-8-6-16(22)7-9-17/h4-11H,12H2,1-3H3. The van der Waals surface area contributed by atoms with Crippen LogP contribution >= 0.6 is 23.4 Å². The summed E-state index contributed by atoms with van der Waals surface area (Å²) in [4.78, 5) is 13.5. The third-order valence-corrected chi connectivity index (χ3v) is 5.94. The first-order valence-corrected chi connectivity index (χ1v) is 10.4. The first-order valence-electron chi connectivity index (χ1n) is 9.21. The first kappa shape index (κ1) is 20.3. The Labute approximate surface area is 183 Å². The van der Waals surface area contributed by atoms with Crippen molar-refractivity contribution < 1.29 is 4.74 Å². The molecule has 0 aliphatic carbocycles. The van der Waals surface area contributed by atoms with Gasteiger partial charge in [-0.1, -0.05) is 11.6 Å². The second-order valence-corrected chi connectivity index (χ2v) is 8.00. The van der Waals surface area contributed by atoms with Crippen LogP contribution in [0.2, 0.25) is 5.02 Å². The Bertz CT molecular complexity index is 1160. The summed E-state index contributed by atoms with van der Waals surface area (Å²) < 4.78 is 7.69. The molecule has 3 aromatic heterocycles. The molecular weight excluding hydrogens is 420 g/mol. The fourth-order valence-corrected chi connectivity index (χ4v) is 3.71. The maximum atomic E-state index is 5.91. The SMILES string of the molecule is Cc1nc(-c2cccnc2)nc(Sc2nnc(COc3ccc(Cl)cc3)n2C)c1C. The number of nitrogens with zero attached hydrogens (tertiary/aromatic N) is 6. The van der Waals surface area contributed by atoms with E-state index in [4.69, 9.17) is 21.3 Å². The topological polar surface area (TPSA) is 78.6 Å². The van der Waals surface area contributed by atoms with Crippen molar-refractivity contribution in [3.8, 4) is 17.1 Å². The lowest BCUT2D eigenvalue weighted by atomic mass is 10.2. The van der Waals surface area contributed by atoms with E-state index in [9.17, 15) is 0 Å². The first-order chi connectivity index (χ1) is 14.5. The zero-order valence-corrected chi connectivity index (χ0v) is 18.3. The number of hydrogen-bond donors (Lipinski definition) is 0. The largest absolute Gasteiger partial charge is 0.486 e. The van der Waals surface area contributed by atoms with Gasteiger partial charge in [-0.15, -0.1) is 10.2 Å². The highest BCUT2D eigenvalue weighted by atomic mass is 35.5. The molecule has 4 aromatic rings. The van der Waals surface area contributed by atoms with Crippen LogP contribution in [0.3, 0.4) is 0 Å². The summed E-state index contributed by atoms with van der Waals surface area (Å²) in [5.41, 5.74) is 2.80. The van der Waals surface area contributed by atoms with Gasteiger partial charge in [-0.3, -0.25) is 4.98 Å². The number of rotatable bonds is 6. The molecule has 0 bridgehead atoms. The molecule has 4 rings (SSSR count). The van der Waals surface area contributed by atoms with Crippen LogP contribution in [0.15, 0.2) is 59.0 Å². The zero-order chi connectivity index (χ0) is 21.1. The summed E-state index contributed by atoms with van der Waals surface area (Å²) >= 11 is 7.36. The van der Waals surface area contributed by atoms with Gasteiger partial charge in [0.25, 0.3) is 0 Å². The monoisotopic (exact) mass is 438 g/mol. The van der Waals surface area contributed by atoms with Crippen molar-refractivity contribution in [2.24, 2.45) is 7.05 Å². The second kappa shape index (κ2) is 8.81. The van der Waals surface area contributed by atoms with Crippen molar-refractivity contribution in [1.29, 1.82) is 0 Å². The molecule has 9 heteroatoms. The molecule has 0 saturated carbocycles.